The molecule has 0 spiro atoms. The summed E-state index contributed by atoms with van der Waals surface area (Å²) < 4.78 is 18.5. The van der Waals surface area contributed by atoms with Gasteiger partial charge in [0.2, 0.25) is 23.0 Å². The predicted molar refractivity (Wildman–Crippen MR) is 175 cm³/mol. The number of anilines is 1. The van der Waals surface area contributed by atoms with Gasteiger partial charge in [-0.15, -0.1) is 0 Å². The van der Waals surface area contributed by atoms with E-state index in [1.807, 2.05) is 12.1 Å². The Bertz CT molecular complexity index is 1920. The van der Waals surface area contributed by atoms with E-state index in [2.05, 4.69) is 20.9 Å². The molecule has 4 aromatic rings. The molecule has 2 amide bonds. The molecule has 0 saturated carbocycles. The number of para-hydroxylation sites is 1. The largest absolute Gasteiger partial charge is 0.493 e. The molecule has 2 atom stereocenters. The number of hydrogen-bond acceptors (Lipinski definition) is 9. The number of carbonyl (C=O) groups is 2. The van der Waals surface area contributed by atoms with E-state index in [1.165, 1.54) is 38.1 Å². The predicted octanol–water partition coefficient (Wildman–Crippen LogP) is 3.19. The third kappa shape index (κ3) is 6.37. The highest BCUT2D eigenvalue weighted by molar-refractivity contribution is 5.86. The maximum absolute atomic E-state index is 13.6. The number of hydrogen-bond donors (Lipinski definition) is 3. The van der Waals surface area contributed by atoms with Crippen molar-refractivity contribution in [3.8, 4) is 28.4 Å². The van der Waals surface area contributed by atoms with Gasteiger partial charge in [-0.05, 0) is 66.8 Å². The number of benzene rings is 2. The zero-order chi connectivity index (χ0) is 33.0. The van der Waals surface area contributed by atoms with Gasteiger partial charge in [-0.1, -0.05) is 18.2 Å². The first kappa shape index (κ1) is 32.0. The number of nitrogens with one attached hydrogen (secondary N) is 3. The van der Waals surface area contributed by atoms with Crippen molar-refractivity contribution in [2.24, 2.45) is 0 Å². The molecule has 46 heavy (non-hydrogen) atoms. The van der Waals surface area contributed by atoms with E-state index in [4.69, 9.17) is 14.2 Å². The highest BCUT2D eigenvalue weighted by atomic mass is 16.5. The maximum Gasteiger partial charge on any atom is 0.261 e. The molecule has 12 heteroatoms. The minimum atomic E-state index is -0.779. The second-order valence-corrected chi connectivity index (χ2v) is 11.0. The third-order valence-electron chi connectivity index (χ3n) is 8.06. The van der Waals surface area contributed by atoms with Crippen LogP contribution in [0.4, 0.5) is 5.69 Å². The summed E-state index contributed by atoms with van der Waals surface area (Å²) in [6.45, 7) is 3.50. The van der Waals surface area contributed by atoms with Gasteiger partial charge in [-0.3, -0.25) is 23.7 Å². The summed E-state index contributed by atoms with van der Waals surface area (Å²) in [5, 5.41) is 9.34. The lowest BCUT2D eigenvalue weighted by atomic mass is 9.95. The zero-order valence-electron chi connectivity index (χ0n) is 26.4. The SMILES string of the molecule is COc1cc2c(c(OC)c1OC)-c1ccc(N[C@@H](C)C(=O)NCCn3cnc4ccccc4c3=O)c(=O)cc1[C@@H](NC(C)=O)CC2. The van der Waals surface area contributed by atoms with Crippen LogP contribution in [0.1, 0.15) is 37.4 Å². The van der Waals surface area contributed by atoms with E-state index in [0.29, 0.717) is 52.1 Å². The van der Waals surface area contributed by atoms with Crippen molar-refractivity contribution >= 4 is 28.4 Å². The summed E-state index contributed by atoms with van der Waals surface area (Å²) in [5.74, 6) is 0.782. The highest BCUT2D eigenvalue weighted by Crippen LogP contribution is 2.50. The quantitative estimate of drug-likeness (QED) is 0.241. The van der Waals surface area contributed by atoms with E-state index in [9.17, 15) is 19.2 Å². The molecule has 0 saturated heterocycles. The number of fused-ring (bicyclic) bond motifs is 4. The summed E-state index contributed by atoms with van der Waals surface area (Å²) >= 11 is 0. The summed E-state index contributed by atoms with van der Waals surface area (Å²) in [5.41, 5.74) is 3.20. The molecule has 0 unspecified atom stereocenters. The Kier molecular flexibility index (Phi) is 9.55. The average Bonchev–Trinajstić information content (AvgIpc) is 3.29. The van der Waals surface area contributed by atoms with E-state index < -0.39 is 12.1 Å². The lowest BCUT2D eigenvalue weighted by Gasteiger charge is -2.19. The van der Waals surface area contributed by atoms with Gasteiger partial charge in [0.1, 0.15) is 6.04 Å². The molecule has 240 valence electrons. The monoisotopic (exact) mass is 627 g/mol. The molecule has 0 fully saturated rings. The molecule has 5 rings (SSSR count). The first-order valence-corrected chi connectivity index (χ1v) is 14.9. The van der Waals surface area contributed by atoms with Crippen LogP contribution in [-0.4, -0.2) is 55.3 Å². The van der Waals surface area contributed by atoms with Crippen LogP contribution in [0.3, 0.4) is 0 Å². The topological polar surface area (TPSA) is 150 Å². The number of rotatable bonds is 10. The number of amides is 2. The van der Waals surface area contributed by atoms with Crippen LogP contribution in [0.5, 0.6) is 17.2 Å². The number of carbonyl (C=O) groups excluding carboxylic acids is 2. The maximum atomic E-state index is 13.6. The van der Waals surface area contributed by atoms with E-state index in [0.717, 1.165) is 11.1 Å². The number of methoxy groups -OCH3 is 3. The molecule has 1 aliphatic carbocycles. The number of aromatic nitrogens is 2. The Balaban J connectivity index is 1.42. The van der Waals surface area contributed by atoms with E-state index >= 15 is 0 Å². The van der Waals surface area contributed by atoms with Gasteiger partial charge < -0.3 is 30.2 Å². The van der Waals surface area contributed by atoms with Crippen LogP contribution in [0.25, 0.3) is 22.0 Å². The molecule has 1 heterocycles. The number of aryl methyl sites for hydroxylation is 1. The molecule has 3 aromatic carbocycles. The van der Waals surface area contributed by atoms with Gasteiger partial charge in [-0.25, -0.2) is 4.98 Å². The van der Waals surface area contributed by atoms with Crippen molar-refractivity contribution in [3.05, 3.63) is 86.6 Å². The molecule has 1 aliphatic rings. The molecular formula is C34H37N5O7. The van der Waals surface area contributed by atoms with Gasteiger partial charge in [0, 0.05) is 25.6 Å². The average molecular weight is 628 g/mol. The van der Waals surface area contributed by atoms with Crippen LogP contribution in [-0.2, 0) is 22.6 Å². The fourth-order valence-electron chi connectivity index (χ4n) is 5.84. The Hall–Kier alpha value is -5.39. The normalized spacial score (nSPS) is 14.2. The lowest BCUT2D eigenvalue weighted by Crippen LogP contribution is -2.40. The van der Waals surface area contributed by atoms with Gasteiger partial charge in [0.25, 0.3) is 5.56 Å². The van der Waals surface area contributed by atoms with Gasteiger partial charge in [0.15, 0.2) is 11.5 Å². The zero-order valence-corrected chi connectivity index (χ0v) is 26.4. The fraction of sp³-hybridized carbons (Fsp3) is 0.324. The molecule has 3 N–H and O–H groups in total. The summed E-state index contributed by atoms with van der Waals surface area (Å²) in [4.78, 5) is 55.9. The Morgan fingerprint density at radius 1 is 1.02 bits per heavy atom. The van der Waals surface area contributed by atoms with Crippen LogP contribution >= 0.6 is 0 Å². The number of nitrogens with zero attached hydrogens (tertiary/aromatic N) is 2. The first-order valence-electron chi connectivity index (χ1n) is 14.9. The minimum absolute atomic E-state index is 0.187. The van der Waals surface area contributed by atoms with Gasteiger partial charge >= 0.3 is 0 Å². The standard InChI is InChI=1S/C34H37N5O7/c1-19(33(42)35-14-15-39-18-36-25-9-7-6-8-23(25)34(39)43)37-27-13-11-22-24(17-28(27)41)26(38-20(2)40)12-10-21-16-29(44-3)31(45-4)32(46-5)30(21)22/h6-9,11,13,16-19,26H,10,12,14-15H2,1-5H3,(H,35,42)(H,37,41)(H,38,40)/t19-,26-/m0/s1. The second kappa shape index (κ2) is 13.7. The van der Waals surface area contributed by atoms with Crippen LogP contribution < -0.4 is 41.1 Å². The van der Waals surface area contributed by atoms with Crippen molar-refractivity contribution in [2.45, 2.75) is 45.3 Å². The van der Waals surface area contributed by atoms with Crippen LogP contribution in [0.2, 0.25) is 0 Å². The smallest absolute Gasteiger partial charge is 0.261 e. The number of ether oxygens (including phenoxy) is 3. The molecule has 0 radical (unpaired) electrons. The van der Waals surface area contributed by atoms with Gasteiger partial charge in [0.05, 0.1) is 50.3 Å². The minimum Gasteiger partial charge on any atom is -0.493 e. The third-order valence-corrected chi connectivity index (χ3v) is 8.06. The fourth-order valence-corrected chi connectivity index (χ4v) is 5.84. The molecule has 0 aliphatic heterocycles. The highest BCUT2D eigenvalue weighted by Gasteiger charge is 2.29. The van der Waals surface area contributed by atoms with Crippen molar-refractivity contribution < 1.29 is 23.8 Å². The molecule has 0 bridgehead atoms. The Morgan fingerprint density at radius 2 is 1.78 bits per heavy atom. The molecule has 12 nitrogen and oxygen atoms in total. The Labute approximate surface area is 265 Å². The lowest BCUT2D eigenvalue weighted by molar-refractivity contribution is -0.121. The van der Waals surface area contributed by atoms with Crippen LogP contribution in [0, 0.1) is 0 Å². The summed E-state index contributed by atoms with van der Waals surface area (Å²) in [6, 6.07) is 12.6. The van der Waals surface area contributed by atoms with E-state index in [1.54, 1.807) is 44.4 Å². The summed E-state index contributed by atoms with van der Waals surface area (Å²) in [6.07, 6.45) is 2.57. The van der Waals surface area contributed by atoms with E-state index in [-0.39, 0.29) is 41.6 Å². The van der Waals surface area contributed by atoms with Crippen molar-refractivity contribution in [1.82, 2.24) is 20.2 Å². The summed E-state index contributed by atoms with van der Waals surface area (Å²) in [7, 11) is 4.61. The molecular weight excluding hydrogens is 590 g/mol. The second-order valence-electron chi connectivity index (χ2n) is 11.0. The van der Waals surface area contributed by atoms with Crippen LogP contribution in [0.15, 0.2) is 64.4 Å². The first-order chi connectivity index (χ1) is 22.2. The Morgan fingerprint density at radius 3 is 2.50 bits per heavy atom. The van der Waals surface area contributed by atoms with Crippen molar-refractivity contribution in [2.75, 3.05) is 33.2 Å². The van der Waals surface area contributed by atoms with Crippen molar-refractivity contribution in [3.63, 3.8) is 0 Å². The van der Waals surface area contributed by atoms with Crippen molar-refractivity contribution in [1.29, 1.82) is 0 Å². The molecule has 1 aromatic heterocycles. The van der Waals surface area contributed by atoms with Gasteiger partial charge in [-0.2, -0.15) is 0 Å².